The zero-order chi connectivity index (χ0) is 19.4. The van der Waals surface area contributed by atoms with Gasteiger partial charge >= 0.3 is 12.0 Å². The van der Waals surface area contributed by atoms with Crippen molar-refractivity contribution >= 4 is 17.7 Å². The molecule has 0 saturated carbocycles. The van der Waals surface area contributed by atoms with Crippen molar-refractivity contribution in [2.24, 2.45) is 0 Å². The van der Waals surface area contributed by atoms with E-state index in [-0.39, 0.29) is 12.0 Å². The van der Waals surface area contributed by atoms with Crippen LogP contribution in [0.15, 0.2) is 24.3 Å². The van der Waals surface area contributed by atoms with Crippen molar-refractivity contribution in [3.63, 3.8) is 0 Å². The molecular formula is C21H34N2O3. The summed E-state index contributed by atoms with van der Waals surface area (Å²) < 4.78 is 5.24. The van der Waals surface area contributed by atoms with Crippen molar-refractivity contribution in [1.82, 2.24) is 4.90 Å². The number of nitrogens with zero attached hydrogens (tertiary/aromatic N) is 2. The number of benzene rings is 1. The number of anilines is 1. The Morgan fingerprint density at radius 2 is 1.46 bits per heavy atom. The summed E-state index contributed by atoms with van der Waals surface area (Å²) in [5.74, 6) is -0.309. The first kappa shape index (κ1) is 22.0. The summed E-state index contributed by atoms with van der Waals surface area (Å²) in [6, 6.07) is 7.14. The summed E-state index contributed by atoms with van der Waals surface area (Å²) in [4.78, 5) is 28.4. The summed E-state index contributed by atoms with van der Waals surface area (Å²) in [6.07, 6.45) is 5.87. The van der Waals surface area contributed by atoms with Gasteiger partial charge < -0.3 is 9.64 Å². The number of hydrogen-bond acceptors (Lipinski definition) is 3. The third-order valence-electron chi connectivity index (χ3n) is 4.29. The fourth-order valence-electron chi connectivity index (χ4n) is 2.52. The Kier molecular flexibility index (Phi) is 10.4. The number of amides is 2. The Morgan fingerprint density at radius 3 is 2.04 bits per heavy atom. The van der Waals surface area contributed by atoms with Crippen LogP contribution in [0.3, 0.4) is 0 Å². The highest BCUT2D eigenvalue weighted by molar-refractivity contribution is 5.93. The van der Waals surface area contributed by atoms with Crippen molar-refractivity contribution in [3.8, 4) is 0 Å². The average molecular weight is 363 g/mol. The predicted molar refractivity (Wildman–Crippen MR) is 107 cm³/mol. The van der Waals surface area contributed by atoms with E-state index in [1.54, 1.807) is 21.9 Å². The maximum Gasteiger partial charge on any atom is 0.338 e. The minimum Gasteiger partial charge on any atom is -0.462 e. The van der Waals surface area contributed by atoms with Gasteiger partial charge in [0.1, 0.15) is 0 Å². The van der Waals surface area contributed by atoms with Gasteiger partial charge in [0.05, 0.1) is 12.2 Å². The number of urea groups is 1. The SMILES string of the molecule is CCCCOC(=O)c1ccc(N(CCCC)C(=O)N(C)CCCC)cc1. The van der Waals surface area contributed by atoms with Crippen molar-refractivity contribution in [2.45, 2.75) is 59.3 Å². The van der Waals surface area contributed by atoms with Crippen LogP contribution in [0.25, 0.3) is 0 Å². The number of unbranched alkanes of at least 4 members (excludes halogenated alkanes) is 3. The standard InChI is InChI=1S/C21H34N2O3/c1-5-8-15-22(4)21(25)23(16-9-6-2)19-13-11-18(12-14-19)20(24)26-17-10-7-3/h11-14H,5-10,15-17H2,1-4H3. The third kappa shape index (κ3) is 7.06. The largest absolute Gasteiger partial charge is 0.462 e. The van der Waals surface area contributed by atoms with Crippen LogP contribution in [0.1, 0.15) is 69.7 Å². The topological polar surface area (TPSA) is 49.9 Å². The minimum atomic E-state index is -0.309. The van der Waals surface area contributed by atoms with E-state index in [0.717, 1.165) is 50.8 Å². The molecule has 0 radical (unpaired) electrons. The molecule has 0 aliphatic heterocycles. The van der Waals surface area contributed by atoms with Crippen molar-refractivity contribution < 1.29 is 14.3 Å². The van der Waals surface area contributed by atoms with Crippen LogP contribution in [0.4, 0.5) is 10.5 Å². The van der Waals surface area contributed by atoms with E-state index in [4.69, 9.17) is 4.74 Å². The van der Waals surface area contributed by atoms with Gasteiger partial charge in [-0.15, -0.1) is 0 Å². The van der Waals surface area contributed by atoms with Crippen LogP contribution in [-0.4, -0.2) is 43.6 Å². The van der Waals surface area contributed by atoms with E-state index >= 15 is 0 Å². The molecule has 0 aromatic heterocycles. The Balaban J connectivity index is 2.83. The Morgan fingerprint density at radius 1 is 0.885 bits per heavy atom. The summed E-state index contributed by atoms with van der Waals surface area (Å²) in [6.45, 7) is 8.15. The van der Waals surface area contributed by atoms with Crippen LogP contribution < -0.4 is 4.90 Å². The zero-order valence-electron chi connectivity index (χ0n) is 16.8. The van der Waals surface area contributed by atoms with Gasteiger partial charge in [-0.25, -0.2) is 9.59 Å². The molecule has 0 unspecified atom stereocenters. The first-order valence-electron chi connectivity index (χ1n) is 9.84. The van der Waals surface area contributed by atoms with Gasteiger partial charge in [0, 0.05) is 25.8 Å². The molecule has 5 nitrogen and oxygen atoms in total. The lowest BCUT2D eigenvalue weighted by Gasteiger charge is -2.28. The second kappa shape index (κ2) is 12.3. The van der Waals surface area contributed by atoms with Gasteiger partial charge in [0.2, 0.25) is 0 Å². The number of ether oxygens (including phenoxy) is 1. The molecule has 1 aromatic carbocycles. The van der Waals surface area contributed by atoms with E-state index in [1.165, 1.54) is 0 Å². The van der Waals surface area contributed by atoms with E-state index in [2.05, 4.69) is 20.8 Å². The normalized spacial score (nSPS) is 10.5. The van der Waals surface area contributed by atoms with Gasteiger partial charge in [0.25, 0.3) is 0 Å². The Labute approximate surface area is 158 Å². The molecule has 0 aliphatic carbocycles. The summed E-state index contributed by atoms with van der Waals surface area (Å²) in [7, 11) is 1.84. The smallest absolute Gasteiger partial charge is 0.338 e. The van der Waals surface area contributed by atoms with Crippen LogP contribution in [0.2, 0.25) is 0 Å². The van der Waals surface area contributed by atoms with E-state index in [1.807, 2.05) is 19.2 Å². The molecule has 2 amide bonds. The lowest BCUT2D eigenvalue weighted by atomic mass is 10.2. The number of esters is 1. The number of hydrogen-bond donors (Lipinski definition) is 0. The molecule has 0 N–H and O–H groups in total. The van der Waals surface area contributed by atoms with Gasteiger partial charge in [0.15, 0.2) is 0 Å². The third-order valence-corrected chi connectivity index (χ3v) is 4.29. The highest BCUT2D eigenvalue weighted by atomic mass is 16.5. The van der Waals surface area contributed by atoms with Crippen molar-refractivity contribution in [1.29, 1.82) is 0 Å². The Hall–Kier alpha value is -2.04. The number of rotatable bonds is 11. The lowest BCUT2D eigenvalue weighted by Crippen LogP contribution is -2.42. The number of carbonyl (C=O) groups is 2. The molecule has 146 valence electrons. The lowest BCUT2D eigenvalue weighted by molar-refractivity contribution is 0.0500. The van der Waals surface area contributed by atoms with E-state index in [0.29, 0.717) is 18.7 Å². The van der Waals surface area contributed by atoms with Crippen molar-refractivity contribution in [3.05, 3.63) is 29.8 Å². The van der Waals surface area contributed by atoms with Crippen LogP contribution in [0, 0.1) is 0 Å². The molecule has 0 heterocycles. The molecule has 0 bridgehead atoms. The molecule has 26 heavy (non-hydrogen) atoms. The fraction of sp³-hybridized carbons (Fsp3) is 0.619. The minimum absolute atomic E-state index is 0.00479. The maximum atomic E-state index is 12.8. The molecule has 1 rings (SSSR count). The Bertz CT molecular complexity index is 543. The fourth-order valence-corrected chi connectivity index (χ4v) is 2.52. The summed E-state index contributed by atoms with van der Waals surface area (Å²) in [5.41, 5.74) is 1.34. The van der Waals surface area contributed by atoms with Gasteiger partial charge in [-0.05, 0) is 43.5 Å². The summed E-state index contributed by atoms with van der Waals surface area (Å²) >= 11 is 0. The summed E-state index contributed by atoms with van der Waals surface area (Å²) in [5, 5.41) is 0. The highest BCUT2D eigenvalue weighted by Gasteiger charge is 2.19. The van der Waals surface area contributed by atoms with Gasteiger partial charge in [-0.2, -0.15) is 0 Å². The molecular weight excluding hydrogens is 328 g/mol. The molecule has 0 aliphatic rings. The second-order valence-corrected chi connectivity index (χ2v) is 6.60. The monoisotopic (exact) mass is 362 g/mol. The van der Waals surface area contributed by atoms with E-state index < -0.39 is 0 Å². The molecule has 1 aromatic rings. The van der Waals surface area contributed by atoms with Crippen LogP contribution in [-0.2, 0) is 4.74 Å². The second-order valence-electron chi connectivity index (χ2n) is 6.60. The molecule has 0 atom stereocenters. The first-order chi connectivity index (χ1) is 12.5. The predicted octanol–water partition coefficient (Wildman–Crippen LogP) is 5.10. The van der Waals surface area contributed by atoms with Crippen LogP contribution in [0.5, 0.6) is 0 Å². The average Bonchev–Trinajstić information content (AvgIpc) is 2.66. The molecule has 0 fully saturated rings. The molecule has 0 spiro atoms. The van der Waals surface area contributed by atoms with Gasteiger partial charge in [-0.1, -0.05) is 40.0 Å². The van der Waals surface area contributed by atoms with Gasteiger partial charge in [-0.3, -0.25) is 4.90 Å². The number of carbonyl (C=O) groups excluding carboxylic acids is 2. The van der Waals surface area contributed by atoms with Crippen molar-refractivity contribution in [2.75, 3.05) is 31.6 Å². The zero-order valence-corrected chi connectivity index (χ0v) is 16.8. The quantitative estimate of drug-likeness (QED) is 0.406. The van der Waals surface area contributed by atoms with E-state index in [9.17, 15) is 9.59 Å². The molecule has 0 saturated heterocycles. The highest BCUT2D eigenvalue weighted by Crippen LogP contribution is 2.19. The molecule has 5 heteroatoms. The first-order valence-corrected chi connectivity index (χ1v) is 9.84. The maximum absolute atomic E-state index is 12.8. The van der Waals surface area contributed by atoms with Crippen LogP contribution >= 0.6 is 0 Å².